The van der Waals surface area contributed by atoms with E-state index in [0.29, 0.717) is 4.90 Å². The smallest absolute Gasteiger partial charge is 0.423 e. The average molecular weight is 446 g/mol. The molecule has 2 aromatic carbocycles. The van der Waals surface area contributed by atoms with Crippen LogP contribution in [-0.2, 0) is 17.3 Å². The number of anilines is 1. The molecular weight excluding hydrogens is 426 g/mol. The standard InChI is InChI=1S/C20H20F2N6O4/c1-10(29)11-5-4-8-15-16(11)32-19(21,22)18(31)27(15)9-13-17(30)28(20(23,24)25)14-7-3-2-6-12(14)26-13/h2-8,10,29H,9,23-25H2,1H3. The van der Waals surface area contributed by atoms with E-state index in [1.165, 1.54) is 31.2 Å². The van der Waals surface area contributed by atoms with Crippen molar-refractivity contribution in [1.29, 1.82) is 0 Å². The Bertz CT molecular complexity index is 1290. The fraction of sp³-hybridized carbons (Fsp3) is 0.250. The first-order chi connectivity index (χ1) is 14.9. The van der Waals surface area contributed by atoms with Crippen LogP contribution in [0.2, 0.25) is 0 Å². The third kappa shape index (κ3) is 3.48. The first kappa shape index (κ1) is 21.8. The summed E-state index contributed by atoms with van der Waals surface area (Å²) in [6, 6.07) is 10.5. The van der Waals surface area contributed by atoms with Gasteiger partial charge in [-0.05, 0) is 25.1 Å². The number of carbonyl (C=O) groups is 1. The zero-order valence-electron chi connectivity index (χ0n) is 16.8. The number of aliphatic hydroxyl groups excluding tert-OH is 1. The Morgan fingerprint density at radius 2 is 1.84 bits per heavy atom. The predicted molar refractivity (Wildman–Crippen MR) is 110 cm³/mol. The highest BCUT2D eigenvalue weighted by Gasteiger charge is 2.51. The third-order valence-electron chi connectivity index (χ3n) is 5.01. The van der Waals surface area contributed by atoms with Gasteiger partial charge in [0.05, 0.1) is 29.4 Å². The summed E-state index contributed by atoms with van der Waals surface area (Å²) in [5.41, 5.74) is 16.6. The molecule has 1 aliphatic heterocycles. The maximum atomic E-state index is 14.4. The number of fused-ring (bicyclic) bond motifs is 2. The number of aliphatic hydroxyl groups is 1. The van der Waals surface area contributed by atoms with Crippen LogP contribution < -0.4 is 32.4 Å². The molecule has 0 saturated heterocycles. The van der Waals surface area contributed by atoms with Gasteiger partial charge >= 0.3 is 12.0 Å². The van der Waals surface area contributed by atoms with Gasteiger partial charge in [0.25, 0.3) is 5.56 Å². The lowest BCUT2D eigenvalue weighted by atomic mass is 10.1. The number of carbonyl (C=O) groups excluding carboxylic acids is 1. The van der Waals surface area contributed by atoms with Crippen LogP contribution in [0.1, 0.15) is 24.3 Å². The van der Waals surface area contributed by atoms with E-state index in [0.717, 1.165) is 4.57 Å². The van der Waals surface area contributed by atoms with Crippen molar-refractivity contribution in [3.63, 3.8) is 0 Å². The van der Waals surface area contributed by atoms with Gasteiger partial charge in [-0.3, -0.25) is 36.3 Å². The van der Waals surface area contributed by atoms with Crippen LogP contribution in [-0.4, -0.2) is 26.7 Å². The molecule has 0 fully saturated rings. The number of nitrogens with two attached hydrogens (primary N) is 3. The van der Waals surface area contributed by atoms with E-state index in [9.17, 15) is 23.5 Å². The molecule has 7 N–H and O–H groups in total. The Hall–Kier alpha value is -3.45. The Morgan fingerprint density at radius 1 is 1.16 bits per heavy atom. The Labute approximate surface area is 179 Å². The predicted octanol–water partition coefficient (Wildman–Crippen LogP) is 0.412. The van der Waals surface area contributed by atoms with Gasteiger partial charge in [-0.1, -0.05) is 24.3 Å². The molecule has 0 saturated carbocycles. The lowest BCUT2D eigenvalue weighted by molar-refractivity contribution is -0.193. The topological polar surface area (TPSA) is 163 Å². The molecule has 168 valence electrons. The molecule has 0 aliphatic carbocycles. The van der Waals surface area contributed by atoms with Crippen LogP contribution in [0.3, 0.4) is 0 Å². The summed E-state index contributed by atoms with van der Waals surface area (Å²) in [5.74, 6) is -4.20. The highest BCUT2D eigenvalue weighted by molar-refractivity contribution is 6.01. The highest BCUT2D eigenvalue weighted by atomic mass is 19.3. The van der Waals surface area contributed by atoms with Gasteiger partial charge in [0, 0.05) is 5.56 Å². The van der Waals surface area contributed by atoms with Crippen molar-refractivity contribution in [2.75, 3.05) is 4.90 Å². The molecule has 1 amide bonds. The van der Waals surface area contributed by atoms with Gasteiger partial charge in [0.15, 0.2) is 5.75 Å². The molecule has 1 aromatic heterocycles. The van der Waals surface area contributed by atoms with Crippen LogP contribution in [0.4, 0.5) is 14.5 Å². The lowest BCUT2D eigenvalue weighted by Gasteiger charge is -2.35. The zero-order chi connectivity index (χ0) is 23.4. The molecule has 0 spiro atoms. The molecule has 3 aromatic rings. The molecule has 0 radical (unpaired) electrons. The van der Waals surface area contributed by atoms with Crippen LogP contribution in [0, 0.1) is 0 Å². The normalized spacial score (nSPS) is 16.6. The summed E-state index contributed by atoms with van der Waals surface area (Å²) in [6.45, 7) is 0.721. The molecule has 1 atom stereocenters. The van der Waals surface area contributed by atoms with E-state index in [1.807, 2.05) is 0 Å². The van der Waals surface area contributed by atoms with Crippen molar-refractivity contribution in [3.05, 3.63) is 64.1 Å². The number of halogens is 2. The summed E-state index contributed by atoms with van der Waals surface area (Å²) in [4.78, 5) is 30.5. The maximum Gasteiger partial charge on any atom is 0.483 e. The molecule has 10 nitrogen and oxygen atoms in total. The maximum absolute atomic E-state index is 14.4. The number of ether oxygens (including phenoxy) is 1. The first-order valence-corrected chi connectivity index (χ1v) is 9.49. The number of hydrogen-bond acceptors (Lipinski definition) is 8. The number of aromatic nitrogens is 2. The van der Waals surface area contributed by atoms with E-state index < -0.39 is 36.1 Å². The lowest BCUT2D eigenvalue weighted by Crippen LogP contribution is -2.63. The first-order valence-electron chi connectivity index (χ1n) is 9.49. The monoisotopic (exact) mass is 446 g/mol. The Kier molecular flexibility index (Phi) is 4.97. The minimum atomic E-state index is -4.23. The quantitative estimate of drug-likeness (QED) is 0.419. The second kappa shape index (κ2) is 7.31. The fourth-order valence-corrected chi connectivity index (χ4v) is 3.61. The SMILES string of the molecule is CC(O)c1cccc2c1OC(F)(F)C(=O)N2Cc1nc2ccccc2n(C(N)(N)N)c1=O. The van der Waals surface area contributed by atoms with Gasteiger partial charge in [0.1, 0.15) is 5.69 Å². The van der Waals surface area contributed by atoms with Crippen LogP contribution in [0.15, 0.2) is 47.3 Å². The van der Waals surface area contributed by atoms with Crippen molar-refractivity contribution >= 4 is 22.6 Å². The number of amides is 1. The van der Waals surface area contributed by atoms with Gasteiger partial charge in [-0.15, -0.1) is 0 Å². The van der Waals surface area contributed by atoms with Crippen LogP contribution >= 0.6 is 0 Å². The van der Waals surface area contributed by atoms with Gasteiger partial charge < -0.3 is 9.84 Å². The minimum absolute atomic E-state index is 0.0495. The van der Waals surface area contributed by atoms with Crippen LogP contribution in [0.5, 0.6) is 5.75 Å². The minimum Gasteiger partial charge on any atom is -0.423 e. The molecule has 0 bridgehead atoms. The highest BCUT2D eigenvalue weighted by Crippen LogP contribution is 2.44. The van der Waals surface area contributed by atoms with E-state index in [-0.39, 0.29) is 33.7 Å². The summed E-state index contributed by atoms with van der Waals surface area (Å²) in [5, 5.41) is 9.94. The number of alkyl halides is 2. The number of rotatable bonds is 4. The molecule has 1 aliphatic rings. The molecule has 2 heterocycles. The second-order valence-corrected chi connectivity index (χ2v) is 7.46. The summed E-state index contributed by atoms with van der Waals surface area (Å²) in [6.07, 6.45) is -5.38. The summed E-state index contributed by atoms with van der Waals surface area (Å²) < 4.78 is 34.4. The largest absolute Gasteiger partial charge is 0.483 e. The third-order valence-corrected chi connectivity index (χ3v) is 5.01. The van der Waals surface area contributed by atoms with Crippen LogP contribution in [0.25, 0.3) is 11.0 Å². The van der Waals surface area contributed by atoms with Crippen molar-refractivity contribution in [1.82, 2.24) is 9.55 Å². The van der Waals surface area contributed by atoms with E-state index in [1.54, 1.807) is 18.2 Å². The fourth-order valence-electron chi connectivity index (χ4n) is 3.61. The van der Waals surface area contributed by atoms with Crippen molar-refractivity contribution in [2.24, 2.45) is 17.2 Å². The van der Waals surface area contributed by atoms with Gasteiger partial charge in [-0.25, -0.2) is 4.98 Å². The van der Waals surface area contributed by atoms with Gasteiger partial charge in [-0.2, -0.15) is 8.78 Å². The van der Waals surface area contributed by atoms with E-state index >= 15 is 0 Å². The average Bonchev–Trinajstić information content (AvgIpc) is 2.70. The molecule has 1 unspecified atom stereocenters. The van der Waals surface area contributed by atoms with E-state index in [4.69, 9.17) is 17.2 Å². The zero-order valence-corrected chi connectivity index (χ0v) is 16.8. The number of nitrogens with zero attached hydrogens (tertiary/aromatic N) is 3. The molecule has 4 rings (SSSR count). The van der Waals surface area contributed by atoms with Crippen molar-refractivity contribution < 1.29 is 23.4 Å². The summed E-state index contributed by atoms with van der Waals surface area (Å²) >= 11 is 0. The molecule has 32 heavy (non-hydrogen) atoms. The number of benzene rings is 2. The van der Waals surface area contributed by atoms with Crippen molar-refractivity contribution in [2.45, 2.75) is 31.6 Å². The second-order valence-electron chi connectivity index (χ2n) is 7.46. The Balaban J connectivity index is 1.92. The summed E-state index contributed by atoms with van der Waals surface area (Å²) in [7, 11) is 0. The van der Waals surface area contributed by atoms with E-state index in [2.05, 4.69) is 9.72 Å². The number of hydrogen-bond donors (Lipinski definition) is 4. The molecular formula is C20H20F2N6O4. The molecule has 12 heteroatoms. The van der Waals surface area contributed by atoms with Crippen molar-refractivity contribution in [3.8, 4) is 5.75 Å². The van der Waals surface area contributed by atoms with Gasteiger partial charge in [0.2, 0.25) is 5.91 Å². The Morgan fingerprint density at radius 3 is 2.50 bits per heavy atom. The number of para-hydroxylation sites is 3.